The fourth-order valence-electron chi connectivity index (χ4n) is 4.49. The summed E-state index contributed by atoms with van der Waals surface area (Å²) in [6.07, 6.45) is 3.73. The highest BCUT2D eigenvalue weighted by Crippen LogP contribution is 2.26. The summed E-state index contributed by atoms with van der Waals surface area (Å²) in [5.41, 5.74) is 1.51. The Bertz CT molecular complexity index is 1040. The molecule has 0 spiro atoms. The molecule has 2 heterocycles. The SMILES string of the molecule is Cc1c(C)c2ccc(OC(C)C(=O)N3CCN(C4CCCC4)C(=O)C3)cc2oc1=O. The number of ether oxygens (including phenoxy) is 1. The zero-order valence-corrected chi connectivity index (χ0v) is 17.8. The maximum atomic E-state index is 12.8. The lowest BCUT2D eigenvalue weighted by Crippen LogP contribution is -2.56. The maximum Gasteiger partial charge on any atom is 0.339 e. The molecular formula is C23H28N2O5. The highest BCUT2D eigenvalue weighted by atomic mass is 16.5. The van der Waals surface area contributed by atoms with Gasteiger partial charge in [-0.05, 0) is 51.3 Å². The fourth-order valence-corrected chi connectivity index (χ4v) is 4.49. The van der Waals surface area contributed by atoms with Crippen molar-refractivity contribution in [1.82, 2.24) is 9.80 Å². The molecule has 30 heavy (non-hydrogen) atoms. The van der Waals surface area contributed by atoms with Gasteiger partial charge >= 0.3 is 5.63 Å². The van der Waals surface area contributed by atoms with Gasteiger partial charge in [-0.2, -0.15) is 0 Å². The number of aryl methyl sites for hydroxylation is 1. The molecule has 2 amide bonds. The summed E-state index contributed by atoms with van der Waals surface area (Å²) in [5.74, 6) is 0.258. The average Bonchev–Trinajstić information content (AvgIpc) is 3.26. The van der Waals surface area contributed by atoms with Crippen LogP contribution in [0.3, 0.4) is 0 Å². The fraction of sp³-hybridized carbons (Fsp3) is 0.522. The van der Waals surface area contributed by atoms with Crippen molar-refractivity contribution < 1.29 is 18.7 Å². The molecule has 1 aliphatic carbocycles. The molecule has 1 unspecified atom stereocenters. The Morgan fingerprint density at radius 2 is 1.87 bits per heavy atom. The van der Waals surface area contributed by atoms with E-state index in [0.717, 1.165) is 23.8 Å². The van der Waals surface area contributed by atoms with Gasteiger partial charge in [-0.3, -0.25) is 9.59 Å². The lowest BCUT2D eigenvalue weighted by Gasteiger charge is -2.38. The molecule has 2 aromatic rings. The molecule has 7 heteroatoms. The number of hydrogen-bond donors (Lipinski definition) is 0. The van der Waals surface area contributed by atoms with Crippen molar-refractivity contribution in [3.8, 4) is 5.75 Å². The van der Waals surface area contributed by atoms with Crippen LogP contribution in [0.5, 0.6) is 5.75 Å². The van der Waals surface area contributed by atoms with E-state index >= 15 is 0 Å². The van der Waals surface area contributed by atoms with Crippen LogP contribution in [-0.4, -0.2) is 53.4 Å². The molecule has 1 aliphatic heterocycles. The van der Waals surface area contributed by atoms with Crippen molar-refractivity contribution in [3.63, 3.8) is 0 Å². The number of nitrogens with zero attached hydrogens (tertiary/aromatic N) is 2. The third-order valence-electron chi connectivity index (χ3n) is 6.42. The topological polar surface area (TPSA) is 80.1 Å². The van der Waals surface area contributed by atoms with Gasteiger partial charge in [-0.1, -0.05) is 12.8 Å². The third kappa shape index (κ3) is 3.80. The summed E-state index contributed by atoms with van der Waals surface area (Å²) >= 11 is 0. The number of rotatable bonds is 4. The van der Waals surface area contributed by atoms with Crippen molar-refractivity contribution in [3.05, 3.63) is 39.7 Å². The molecule has 7 nitrogen and oxygen atoms in total. The molecule has 1 aromatic heterocycles. The van der Waals surface area contributed by atoms with Crippen LogP contribution in [0.15, 0.2) is 27.4 Å². The van der Waals surface area contributed by atoms with Gasteiger partial charge in [0.25, 0.3) is 5.91 Å². The number of hydrogen-bond acceptors (Lipinski definition) is 5. The van der Waals surface area contributed by atoms with Crippen LogP contribution in [0.2, 0.25) is 0 Å². The lowest BCUT2D eigenvalue weighted by molar-refractivity contribution is -0.150. The van der Waals surface area contributed by atoms with Crippen LogP contribution >= 0.6 is 0 Å². The smallest absolute Gasteiger partial charge is 0.339 e. The van der Waals surface area contributed by atoms with E-state index in [9.17, 15) is 14.4 Å². The minimum Gasteiger partial charge on any atom is -0.481 e. The minimum absolute atomic E-state index is 0.0204. The maximum absolute atomic E-state index is 12.8. The van der Waals surface area contributed by atoms with E-state index in [1.54, 1.807) is 30.9 Å². The van der Waals surface area contributed by atoms with Gasteiger partial charge in [0.15, 0.2) is 6.10 Å². The second kappa shape index (κ2) is 8.13. The normalized spacial score (nSPS) is 18.8. The molecule has 1 aromatic carbocycles. The van der Waals surface area contributed by atoms with Crippen molar-refractivity contribution in [2.24, 2.45) is 0 Å². The predicted octanol–water partition coefficient (Wildman–Crippen LogP) is 2.79. The van der Waals surface area contributed by atoms with Crippen LogP contribution in [0.4, 0.5) is 0 Å². The van der Waals surface area contributed by atoms with Crippen LogP contribution in [0, 0.1) is 13.8 Å². The molecular weight excluding hydrogens is 384 g/mol. The summed E-state index contributed by atoms with van der Waals surface area (Å²) in [6, 6.07) is 5.57. The van der Waals surface area contributed by atoms with E-state index in [-0.39, 0.29) is 24.0 Å². The first-order chi connectivity index (χ1) is 14.3. The molecule has 0 radical (unpaired) electrons. The molecule has 1 saturated heterocycles. The second-order valence-corrected chi connectivity index (χ2v) is 8.34. The molecule has 1 saturated carbocycles. The molecule has 0 bridgehead atoms. The second-order valence-electron chi connectivity index (χ2n) is 8.34. The first-order valence-electron chi connectivity index (χ1n) is 10.6. The van der Waals surface area contributed by atoms with Crippen LogP contribution in [0.25, 0.3) is 11.0 Å². The molecule has 4 rings (SSSR count). The average molecular weight is 412 g/mol. The number of amides is 2. The number of carbonyl (C=O) groups excluding carboxylic acids is 2. The van der Waals surface area contributed by atoms with Crippen molar-refractivity contribution in [1.29, 1.82) is 0 Å². The van der Waals surface area contributed by atoms with Gasteiger partial charge in [0, 0.05) is 36.1 Å². The molecule has 1 atom stereocenters. The van der Waals surface area contributed by atoms with Crippen molar-refractivity contribution in [2.45, 2.75) is 58.6 Å². The number of fused-ring (bicyclic) bond motifs is 1. The molecule has 160 valence electrons. The van der Waals surface area contributed by atoms with Gasteiger partial charge in [0.2, 0.25) is 5.91 Å². The highest BCUT2D eigenvalue weighted by Gasteiger charge is 2.34. The van der Waals surface area contributed by atoms with E-state index in [1.807, 2.05) is 17.9 Å². The quantitative estimate of drug-likeness (QED) is 0.722. The molecule has 0 N–H and O–H groups in total. The van der Waals surface area contributed by atoms with Crippen LogP contribution in [-0.2, 0) is 9.59 Å². The van der Waals surface area contributed by atoms with Gasteiger partial charge in [0.1, 0.15) is 11.3 Å². The summed E-state index contributed by atoms with van der Waals surface area (Å²) < 4.78 is 11.2. The minimum atomic E-state index is -0.744. The van der Waals surface area contributed by atoms with E-state index < -0.39 is 6.10 Å². The molecule has 2 aliphatic rings. The first kappa shape index (κ1) is 20.4. The standard InChI is InChI=1S/C23H28N2O5/c1-14-15(2)23(28)30-20-12-18(8-9-19(14)20)29-16(3)22(27)24-10-11-25(21(26)13-24)17-6-4-5-7-17/h8-9,12,16-17H,4-7,10-11,13H2,1-3H3. The van der Waals surface area contributed by atoms with E-state index in [0.29, 0.717) is 36.0 Å². The van der Waals surface area contributed by atoms with Crippen LogP contribution < -0.4 is 10.4 Å². The Labute approximate surface area is 175 Å². The van der Waals surface area contributed by atoms with E-state index in [2.05, 4.69) is 0 Å². The Morgan fingerprint density at radius 3 is 2.57 bits per heavy atom. The Morgan fingerprint density at radius 1 is 1.13 bits per heavy atom. The van der Waals surface area contributed by atoms with Gasteiger partial charge in [-0.25, -0.2) is 4.79 Å². The zero-order valence-electron chi connectivity index (χ0n) is 17.8. The van der Waals surface area contributed by atoms with Gasteiger partial charge < -0.3 is 19.0 Å². The summed E-state index contributed by atoms with van der Waals surface area (Å²) in [7, 11) is 0. The van der Waals surface area contributed by atoms with E-state index in [4.69, 9.17) is 9.15 Å². The van der Waals surface area contributed by atoms with Gasteiger partial charge in [-0.15, -0.1) is 0 Å². The Balaban J connectivity index is 1.43. The third-order valence-corrected chi connectivity index (χ3v) is 6.42. The summed E-state index contributed by atoms with van der Waals surface area (Å²) in [6.45, 7) is 6.51. The zero-order chi connectivity index (χ0) is 21.4. The number of benzene rings is 1. The Kier molecular flexibility index (Phi) is 5.54. The monoisotopic (exact) mass is 412 g/mol. The van der Waals surface area contributed by atoms with Crippen molar-refractivity contribution in [2.75, 3.05) is 19.6 Å². The Hall–Kier alpha value is -2.83. The highest BCUT2D eigenvalue weighted by molar-refractivity contribution is 5.88. The van der Waals surface area contributed by atoms with Crippen LogP contribution in [0.1, 0.15) is 43.7 Å². The summed E-state index contributed by atoms with van der Waals surface area (Å²) in [4.78, 5) is 40.9. The lowest BCUT2D eigenvalue weighted by atomic mass is 10.1. The number of piperazine rings is 1. The molecule has 2 fully saturated rings. The predicted molar refractivity (Wildman–Crippen MR) is 113 cm³/mol. The van der Waals surface area contributed by atoms with Crippen molar-refractivity contribution >= 4 is 22.8 Å². The first-order valence-corrected chi connectivity index (χ1v) is 10.6. The van der Waals surface area contributed by atoms with E-state index in [1.165, 1.54) is 12.8 Å². The number of carbonyl (C=O) groups is 2. The van der Waals surface area contributed by atoms with Gasteiger partial charge in [0.05, 0.1) is 6.54 Å². The largest absolute Gasteiger partial charge is 0.481 e. The summed E-state index contributed by atoms with van der Waals surface area (Å²) in [5, 5.41) is 0.840.